The van der Waals surface area contributed by atoms with E-state index in [1.54, 1.807) is 18.4 Å². The van der Waals surface area contributed by atoms with Crippen molar-refractivity contribution in [3.05, 3.63) is 43.0 Å². The summed E-state index contributed by atoms with van der Waals surface area (Å²) in [5, 5.41) is 0. The maximum atomic E-state index is 5.90. The van der Waals surface area contributed by atoms with E-state index in [1.807, 2.05) is 31.2 Å². The molecule has 2 rings (SSSR count). The summed E-state index contributed by atoms with van der Waals surface area (Å²) in [4.78, 5) is 1.15. The summed E-state index contributed by atoms with van der Waals surface area (Å²) >= 11 is 8.66. The Morgan fingerprint density at radius 1 is 1.29 bits per heavy atom. The minimum atomic E-state index is 0.108. The van der Waals surface area contributed by atoms with Gasteiger partial charge in [-0.3, -0.25) is 0 Å². The first-order valence-electron chi connectivity index (χ1n) is 6.48. The van der Waals surface area contributed by atoms with Crippen LogP contribution in [0.4, 0.5) is 0 Å². The molecule has 0 fully saturated rings. The van der Waals surface area contributed by atoms with Crippen molar-refractivity contribution < 1.29 is 9.47 Å². The van der Waals surface area contributed by atoms with Crippen molar-refractivity contribution in [3.63, 3.8) is 0 Å². The zero-order chi connectivity index (χ0) is 15.4. The van der Waals surface area contributed by atoms with Gasteiger partial charge in [0.2, 0.25) is 0 Å². The molecular formula is C15H17Br2NO2S. The number of rotatable bonds is 6. The molecule has 0 amide bonds. The number of halogens is 2. The van der Waals surface area contributed by atoms with E-state index in [2.05, 4.69) is 31.9 Å². The number of nitrogens with two attached hydrogens (primary N) is 1. The molecular weight excluding hydrogens is 418 g/mol. The van der Waals surface area contributed by atoms with E-state index in [0.717, 1.165) is 36.6 Å². The predicted octanol–water partition coefficient (Wildman–Crippen LogP) is 4.75. The lowest BCUT2D eigenvalue weighted by atomic mass is 10.1. The third-order valence-corrected chi connectivity index (χ3v) is 5.02. The molecule has 0 radical (unpaired) electrons. The van der Waals surface area contributed by atoms with Gasteiger partial charge < -0.3 is 15.2 Å². The van der Waals surface area contributed by atoms with Crippen LogP contribution < -0.4 is 15.2 Å². The molecule has 21 heavy (non-hydrogen) atoms. The summed E-state index contributed by atoms with van der Waals surface area (Å²) in [7, 11) is 1.64. The molecule has 1 aromatic heterocycles. The topological polar surface area (TPSA) is 44.5 Å². The second kappa shape index (κ2) is 7.63. The SMILES string of the molecule is COc1cc(CC(C)N)cc(Br)c1OCc1ccc(Br)s1. The average Bonchev–Trinajstić information content (AvgIpc) is 2.82. The van der Waals surface area contributed by atoms with Crippen molar-refractivity contribution in [2.75, 3.05) is 7.11 Å². The number of methoxy groups -OCH3 is 1. The standard InChI is InChI=1S/C15H17Br2NO2S/c1-9(18)5-10-6-12(16)15(13(7-10)19-2)20-8-11-3-4-14(17)21-11/h3-4,6-7,9H,5,8,18H2,1-2H3. The second-order valence-electron chi connectivity index (χ2n) is 4.78. The van der Waals surface area contributed by atoms with Crippen LogP contribution in [0.3, 0.4) is 0 Å². The van der Waals surface area contributed by atoms with Crippen molar-refractivity contribution in [2.45, 2.75) is 26.0 Å². The molecule has 2 N–H and O–H groups in total. The lowest BCUT2D eigenvalue weighted by Crippen LogP contribution is -2.17. The van der Waals surface area contributed by atoms with Gasteiger partial charge in [-0.05, 0) is 75.0 Å². The molecule has 0 aliphatic rings. The number of thiophene rings is 1. The van der Waals surface area contributed by atoms with Gasteiger partial charge in [-0.1, -0.05) is 0 Å². The third kappa shape index (κ3) is 4.71. The van der Waals surface area contributed by atoms with E-state index >= 15 is 0 Å². The summed E-state index contributed by atoms with van der Waals surface area (Å²) in [6.07, 6.45) is 0.799. The number of benzene rings is 1. The Morgan fingerprint density at radius 3 is 2.62 bits per heavy atom. The molecule has 2 aromatic rings. The maximum Gasteiger partial charge on any atom is 0.175 e. The van der Waals surface area contributed by atoms with Crippen LogP contribution >= 0.6 is 43.2 Å². The van der Waals surface area contributed by atoms with Crippen molar-refractivity contribution in [2.24, 2.45) is 5.73 Å². The Hall–Kier alpha value is -0.560. The highest BCUT2D eigenvalue weighted by molar-refractivity contribution is 9.11. The van der Waals surface area contributed by atoms with E-state index in [-0.39, 0.29) is 6.04 Å². The first-order valence-corrected chi connectivity index (χ1v) is 8.89. The monoisotopic (exact) mass is 433 g/mol. The molecule has 0 aliphatic carbocycles. The highest BCUT2D eigenvalue weighted by atomic mass is 79.9. The first-order chi connectivity index (χ1) is 9.99. The molecule has 0 aliphatic heterocycles. The minimum Gasteiger partial charge on any atom is -0.493 e. The van der Waals surface area contributed by atoms with E-state index in [0.29, 0.717) is 6.61 Å². The van der Waals surface area contributed by atoms with Gasteiger partial charge >= 0.3 is 0 Å². The fourth-order valence-electron chi connectivity index (χ4n) is 1.98. The lowest BCUT2D eigenvalue weighted by Gasteiger charge is -2.15. The van der Waals surface area contributed by atoms with Crippen LogP contribution in [0.5, 0.6) is 11.5 Å². The highest BCUT2D eigenvalue weighted by Gasteiger charge is 2.13. The van der Waals surface area contributed by atoms with Crippen LogP contribution in [0.2, 0.25) is 0 Å². The molecule has 1 unspecified atom stereocenters. The van der Waals surface area contributed by atoms with Crippen LogP contribution in [-0.4, -0.2) is 13.2 Å². The zero-order valence-electron chi connectivity index (χ0n) is 11.9. The van der Waals surface area contributed by atoms with E-state index in [1.165, 1.54) is 0 Å². The molecule has 0 spiro atoms. The molecule has 0 saturated carbocycles. The van der Waals surface area contributed by atoms with Gasteiger partial charge in [-0.25, -0.2) is 0 Å². The van der Waals surface area contributed by atoms with Crippen LogP contribution in [0.25, 0.3) is 0 Å². The maximum absolute atomic E-state index is 5.90. The number of hydrogen-bond acceptors (Lipinski definition) is 4. The normalized spacial score (nSPS) is 12.2. The van der Waals surface area contributed by atoms with Crippen molar-refractivity contribution in [1.29, 1.82) is 0 Å². The fraction of sp³-hybridized carbons (Fsp3) is 0.333. The second-order valence-corrected chi connectivity index (χ2v) is 8.19. The average molecular weight is 435 g/mol. The minimum absolute atomic E-state index is 0.108. The number of ether oxygens (including phenoxy) is 2. The van der Waals surface area contributed by atoms with Crippen LogP contribution in [0, 0.1) is 0 Å². The van der Waals surface area contributed by atoms with E-state index < -0.39 is 0 Å². The summed E-state index contributed by atoms with van der Waals surface area (Å²) in [5.74, 6) is 1.44. The summed E-state index contributed by atoms with van der Waals surface area (Å²) < 4.78 is 13.3. The van der Waals surface area contributed by atoms with Gasteiger partial charge in [0.1, 0.15) is 6.61 Å². The molecule has 6 heteroatoms. The summed E-state index contributed by atoms with van der Waals surface area (Å²) in [6.45, 7) is 2.50. The zero-order valence-corrected chi connectivity index (χ0v) is 15.8. The largest absolute Gasteiger partial charge is 0.493 e. The Kier molecular flexibility index (Phi) is 6.10. The molecule has 1 aromatic carbocycles. The molecule has 0 bridgehead atoms. The van der Waals surface area contributed by atoms with Crippen LogP contribution in [-0.2, 0) is 13.0 Å². The Balaban J connectivity index is 2.18. The third-order valence-electron chi connectivity index (χ3n) is 2.83. The van der Waals surface area contributed by atoms with Gasteiger partial charge in [0.25, 0.3) is 0 Å². The van der Waals surface area contributed by atoms with Gasteiger partial charge in [0.15, 0.2) is 11.5 Å². The van der Waals surface area contributed by atoms with Gasteiger partial charge in [0, 0.05) is 10.9 Å². The van der Waals surface area contributed by atoms with E-state index in [9.17, 15) is 0 Å². The molecule has 1 atom stereocenters. The van der Waals surface area contributed by atoms with Crippen molar-refractivity contribution in [1.82, 2.24) is 0 Å². The lowest BCUT2D eigenvalue weighted by molar-refractivity contribution is 0.285. The molecule has 3 nitrogen and oxygen atoms in total. The van der Waals surface area contributed by atoms with Gasteiger partial charge in [-0.2, -0.15) is 0 Å². The Morgan fingerprint density at radius 2 is 2.05 bits per heavy atom. The molecule has 0 saturated heterocycles. The van der Waals surface area contributed by atoms with Crippen molar-refractivity contribution >= 4 is 43.2 Å². The predicted molar refractivity (Wildman–Crippen MR) is 94.4 cm³/mol. The van der Waals surface area contributed by atoms with Gasteiger partial charge in [-0.15, -0.1) is 11.3 Å². The first kappa shape index (κ1) is 16.8. The summed E-state index contributed by atoms with van der Waals surface area (Å²) in [5.41, 5.74) is 6.98. The quantitative estimate of drug-likeness (QED) is 0.713. The fourth-order valence-corrected chi connectivity index (χ4v) is 3.98. The summed E-state index contributed by atoms with van der Waals surface area (Å²) in [6, 6.07) is 8.18. The van der Waals surface area contributed by atoms with Crippen LogP contribution in [0.1, 0.15) is 17.4 Å². The Bertz CT molecular complexity index is 614. The number of hydrogen-bond donors (Lipinski definition) is 1. The molecule has 114 valence electrons. The molecule has 1 heterocycles. The van der Waals surface area contributed by atoms with Crippen molar-refractivity contribution in [3.8, 4) is 11.5 Å². The Labute approximate surface area is 145 Å². The van der Waals surface area contributed by atoms with Gasteiger partial charge in [0.05, 0.1) is 15.4 Å². The smallest absolute Gasteiger partial charge is 0.175 e. The van der Waals surface area contributed by atoms with E-state index in [4.69, 9.17) is 15.2 Å². The highest BCUT2D eigenvalue weighted by Crippen LogP contribution is 2.38. The van der Waals surface area contributed by atoms with Crippen LogP contribution in [0.15, 0.2) is 32.5 Å².